The van der Waals surface area contributed by atoms with Gasteiger partial charge in [0, 0.05) is 34.4 Å². The lowest BCUT2D eigenvalue weighted by atomic mass is 9.78. The molecule has 6 nitrogen and oxygen atoms in total. The summed E-state index contributed by atoms with van der Waals surface area (Å²) >= 11 is 0. The van der Waals surface area contributed by atoms with Crippen LogP contribution in [0.15, 0.2) is 35.9 Å². The van der Waals surface area contributed by atoms with Gasteiger partial charge in [0.05, 0.1) is 6.54 Å². The molecule has 2 aromatic rings. The van der Waals surface area contributed by atoms with Crippen molar-refractivity contribution in [3.05, 3.63) is 69.3 Å². The molecule has 0 aromatic heterocycles. The number of nitrogens with one attached hydrogen (secondary N) is 1. The number of carbonyl (C=O) groups is 2. The van der Waals surface area contributed by atoms with Gasteiger partial charge in [-0.25, -0.2) is 0 Å². The van der Waals surface area contributed by atoms with Crippen molar-refractivity contribution < 1.29 is 14.7 Å². The summed E-state index contributed by atoms with van der Waals surface area (Å²) in [6.45, 7) is 14.3. The van der Waals surface area contributed by atoms with Crippen molar-refractivity contribution in [1.29, 1.82) is 5.41 Å². The molecule has 1 aliphatic rings. The first kappa shape index (κ1) is 28.3. The summed E-state index contributed by atoms with van der Waals surface area (Å²) in [6.07, 6.45) is 1.70. The Morgan fingerprint density at radius 2 is 1.60 bits per heavy atom. The molecular weight excluding hydrogens is 506 g/mol. The van der Waals surface area contributed by atoms with Crippen LogP contribution in [-0.2, 0) is 22.2 Å². The Morgan fingerprint density at radius 3 is 2.09 bits per heavy atom. The maximum Gasteiger partial charge on any atom is 0.244 e. The van der Waals surface area contributed by atoms with Crippen molar-refractivity contribution in [1.82, 2.24) is 4.90 Å². The average molecular weight is 543 g/mol. The molecule has 0 atom stereocenters. The minimum absolute atomic E-state index is 0. The number of benzene rings is 2. The molecule has 0 unspecified atom stereocenters. The monoisotopic (exact) mass is 541 g/mol. The smallest absolute Gasteiger partial charge is 0.244 e. The third kappa shape index (κ3) is 6.01. The number of primary amides is 1. The fourth-order valence-electron chi connectivity index (χ4n) is 4.16. The van der Waals surface area contributed by atoms with Crippen LogP contribution in [0.1, 0.15) is 86.6 Å². The van der Waals surface area contributed by atoms with Gasteiger partial charge in [-0.2, -0.15) is 0 Å². The normalized spacial score (nSPS) is 14.0. The van der Waals surface area contributed by atoms with E-state index in [1.54, 1.807) is 30.0 Å². The Kier molecular flexibility index (Phi) is 8.07. The third-order valence-corrected chi connectivity index (χ3v) is 6.22. The Bertz CT molecular complexity index is 1180. The summed E-state index contributed by atoms with van der Waals surface area (Å²) in [5.41, 5.74) is 9.62. The van der Waals surface area contributed by atoms with Gasteiger partial charge in [0.15, 0.2) is 5.78 Å². The van der Waals surface area contributed by atoms with Gasteiger partial charge in [-0.05, 0) is 53.2 Å². The topological polar surface area (TPSA) is 107 Å². The number of nitrogens with zero attached hydrogens (tertiary/aromatic N) is 1. The molecule has 0 saturated carbocycles. The van der Waals surface area contributed by atoms with Crippen molar-refractivity contribution in [2.45, 2.75) is 65.8 Å². The highest BCUT2D eigenvalue weighted by atomic mass is 79.9. The number of Topliss-reactive ketones (excluding diaryl/α,β-unsaturated/α-hetero) is 1. The van der Waals surface area contributed by atoms with Gasteiger partial charge < -0.3 is 15.7 Å². The van der Waals surface area contributed by atoms with Crippen LogP contribution in [0.3, 0.4) is 0 Å². The van der Waals surface area contributed by atoms with E-state index in [1.807, 2.05) is 59.7 Å². The molecule has 0 bridgehead atoms. The number of amidine groups is 1. The number of aromatic hydroxyl groups is 1. The van der Waals surface area contributed by atoms with Gasteiger partial charge >= 0.3 is 0 Å². The highest BCUT2D eigenvalue weighted by molar-refractivity contribution is 8.93. The van der Waals surface area contributed by atoms with Crippen molar-refractivity contribution >= 4 is 40.6 Å². The number of amides is 1. The summed E-state index contributed by atoms with van der Waals surface area (Å²) in [4.78, 5) is 26.5. The van der Waals surface area contributed by atoms with Crippen LogP contribution in [0.2, 0.25) is 0 Å². The number of hydrogen-bond acceptors (Lipinski definition) is 4. The molecule has 0 fully saturated rings. The standard InChI is InChI=1S/C28H35N3O3.BrH/c1-16(26(30)34)10-17-8-9-18-14-31(25(29)20(18)11-17)15-23(32)19-12-21(27(2,3)4)24(33)22(13-19)28(5,6)7;/h8-13,29,33H,14-15H2,1-7H3,(H2,30,34);1H/b16-10+,29-25?;. The van der Waals surface area contributed by atoms with Crippen LogP contribution in [0.25, 0.3) is 6.08 Å². The van der Waals surface area contributed by atoms with Crippen molar-refractivity contribution in [3.8, 4) is 5.75 Å². The summed E-state index contributed by atoms with van der Waals surface area (Å²) in [5, 5.41) is 19.6. The number of nitrogens with two attached hydrogens (primary N) is 1. The minimum atomic E-state index is -0.485. The highest BCUT2D eigenvalue weighted by Crippen LogP contribution is 2.40. The maximum atomic E-state index is 13.4. The van der Waals surface area contributed by atoms with Crippen LogP contribution in [0, 0.1) is 5.41 Å². The zero-order valence-corrected chi connectivity index (χ0v) is 23.3. The van der Waals surface area contributed by atoms with E-state index < -0.39 is 5.91 Å². The molecule has 0 saturated heterocycles. The Morgan fingerprint density at radius 1 is 1.06 bits per heavy atom. The van der Waals surface area contributed by atoms with E-state index >= 15 is 0 Å². The summed E-state index contributed by atoms with van der Waals surface area (Å²) in [7, 11) is 0. The van der Waals surface area contributed by atoms with Crippen LogP contribution in [0.4, 0.5) is 0 Å². The molecule has 35 heavy (non-hydrogen) atoms. The second-order valence-corrected chi connectivity index (χ2v) is 11.2. The molecule has 188 valence electrons. The number of phenolic OH excluding ortho intramolecular Hbond substituents is 1. The predicted octanol–water partition coefficient (Wildman–Crippen LogP) is 5.48. The molecule has 3 rings (SSSR count). The fraction of sp³-hybridized carbons (Fsp3) is 0.393. The molecule has 7 heteroatoms. The molecule has 0 radical (unpaired) electrons. The predicted molar refractivity (Wildman–Crippen MR) is 147 cm³/mol. The van der Waals surface area contributed by atoms with Gasteiger partial charge in [-0.15, -0.1) is 17.0 Å². The van der Waals surface area contributed by atoms with Gasteiger partial charge in [0.25, 0.3) is 0 Å². The third-order valence-electron chi connectivity index (χ3n) is 6.22. The zero-order chi connectivity index (χ0) is 25.6. The van der Waals surface area contributed by atoms with Gasteiger partial charge in [-0.1, -0.05) is 53.7 Å². The van der Waals surface area contributed by atoms with Crippen LogP contribution in [0.5, 0.6) is 5.75 Å². The first-order chi connectivity index (χ1) is 15.6. The van der Waals surface area contributed by atoms with Crippen LogP contribution < -0.4 is 5.73 Å². The molecule has 2 aromatic carbocycles. The number of phenols is 1. The first-order valence-corrected chi connectivity index (χ1v) is 11.5. The number of halogens is 1. The largest absolute Gasteiger partial charge is 0.507 e. The molecule has 0 spiro atoms. The lowest BCUT2D eigenvalue weighted by molar-refractivity contribution is -0.114. The van der Waals surface area contributed by atoms with Gasteiger partial charge in [-0.3, -0.25) is 15.0 Å². The maximum absolute atomic E-state index is 13.4. The molecule has 1 heterocycles. The van der Waals surface area contributed by atoms with Crippen molar-refractivity contribution in [2.75, 3.05) is 6.54 Å². The summed E-state index contributed by atoms with van der Waals surface area (Å²) in [6, 6.07) is 9.23. The van der Waals surface area contributed by atoms with Crippen molar-refractivity contribution in [2.24, 2.45) is 5.73 Å². The molecule has 1 amide bonds. The van der Waals surface area contributed by atoms with E-state index in [0.717, 1.165) is 27.8 Å². The van der Waals surface area contributed by atoms with E-state index in [2.05, 4.69) is 0 Å². The second-order valence-electron chi connectivity index (χ2n) is 11.2. The van der Waals surface area contributed by atoms with E-state index in [0.29, 0.717) is 17.7 Å². The highest BCUT2D eigenvalue weighted by Gasteiger charge is 2.30. The quantitative estimate of drug-likeness (QED) is 0.344. The summed E-state index contributed by atoms with van der Waals surface area (Å²) < 4.78 is 0. The lowest BCUT2D eigenvalue weighted by Gasteiger charge is -2.28. The summed E-state index contributed by atoms with van der Waals surface area (Å²) in [5.74, 6) is -0.0647. The Labute approximate surface area is 218 Å². The fourth-order valence-corrected chi connectivity index (χ4v) is 4.16. The van der Waals surface area contributed by atoms with Crippen molar-refractivity contribution in [3.63, 3.8) is 0 Å². The molecule has 4 N–H and O–H groups in total. The van der Waals surface area contributed by atoms with E-state index in [4.69, 9.17) is 11.1 Å². The molecule has 1 aliphatic heterocycles. The second kappa shape index (κ2) is 9.97. The Hall–Kier alpha value is -2.93. The SMILES string of the molecule is Br.C/C(=C\c1ccc2c(c1)C(=N)N(CC(=O)c1cc(C(C)(C)C)c(O)c(C(C)(C)C)c1)C2)C(N)=O. The zero-order valence-electron chi connectivity index (χ0n) is 21.6. The van der Waals surface area contributed by atoms with Crippen LogP contribution in [-0.4, -0.2) is 34.1 Å². The lowest BCUT2D eigenvalue weighted by Crippen LogP contribution is -2.30. The number of hydrogen-bond donors (Lipinski definition) is 3. The van der Waals surface area contributed by atoms with Gasteiger partial charge in [0.1, 0.15) is 11.6 Å². The number of ketones is 1. The van der Waals surface area contributed by atoms with Gasteiger partial charge in [0.2, 0.25) is 5.91 Å². The van der Waals surface area contributed by atoms with E-state index in [1.165, 1.54) is 0 Å². The number of carbonyl (C=O) groups excluding carboxylic acids is 2. The number of rotatable bonds is 5. The minimum Gasteiger partial charge on any atom is -0.507 e. The first-order valence-electron chi connectivity index (χ1n) is 11.5. The number of fused-ring (bicyclic) bond motifs is 1. The van der Waals surface area contributed by atoms with E-state index in [-0.39, 0.29) is 51.7 Å². The Balaban J connectivity index is 0.00000432. The average Bonchev–Trinajstić information content (AvgIpc) is 3.01. The molecular formula is C28H36BrN3O3. The van der Waals surface area contributed by atoms with E-state index in [9.17, 15) is 14.7 Å². The van der Waals surface area contributed by atoms with Crippen LogP contribution >= 0.6 is 17.0 Å². The molecule has 0 aliphatic carbocycles.